The molecule has 0 aromatic heterocycles. The lowest BCUT2D eigenvalue weighted by molar-refractivity contribution is -0.0505. The van der Waals surface area contributed by atoms with Crippen LogP contribution in [0.1, 0.15) is 49.7 Å². The first kappa shape index (κ1) is 17.6. The van der Waals surface area contributed by atoms with E-state index in [1.807, 2.05) is 0 Å². The average Bonchev–Trinajstić information content (AvgIpc) is 2.76. The first-order valence-corrected chi connectivity index (χ1v) is 13.3. The molecule has 2 fully saturated rings. The molecule has 1 aromatic rings. The molecule has 6 atom stereocenters. The van der Waals surface area contributed by atoms with E-state index in [-0.39, 0.29) is 5.41 Å². The smallest absolute Gasteiger partial charge is 0.242 e. The molecule has 0 bridgehead atoms. The Kier molecular flexibility index (Phi) is 4.10. The predicted molar refractivity (Wildman–Crippen MR) is 102 cm³/mol. The number of hydrogen-bond acceptors (Lipinski definition) is 3. The number of aliphatic hydroxyl groups excluding tert-OH is 2. The molecule has 1 aromatic carbocycles. The number of rotatable bonds is 2. The standard InChI is InChI=1S/C21H32O3Si/c1-21-10-9-16-15-8-6-14(24-25(2,3)4)11-13(15)5-7-17(16)18(21)12-19(22)20(21)23/h6,8,11,16-20,22-23H,5,7,9-10,12H2,1-4H3/t16-,17-,18+,19-,20+,21+/m1/s1. The normalized spacial score (nSPS) is 40.2. The minimum absolute atomic E-state index is 0.0982. The van der Waals surface area contributed by atoms with Gasteiger partial charge in [0.05, 0.1) is 12.2 Å². The Labute approximate surface area is 152 Å². The van der Waals surface area contributed by atoms with Gasteiger partial charge in [-0.3, -0.25) is 0 Å². The number of aryl methyl sites for hydroxylation is 1. The van der Waals surface area contributed by atoms with Crippen LogP contribution >= 0.6 is 0 Å². The van der Waals surface area contributed by atoms with Gasteiger partial charge in [0.1, 0.15) is 5.75 Å². The molecule has 0 radical (unpaired) electrons. The third-order valence-electron chi connectivity index (χ3n) is 7.10. The second-order valence-electron chi connectivity index (χ2n) is 9.78. The van der Waals surface area contributed by atoms with Crippen LogP contribution in [0, 0.1) is 17.3 Å². The largest absolute Gasteiger partial charge is 0.544 e. The van der Waals surface area contributed by atoms with Crippen molar-refractivity contribution >= 4 is 8.32 Å². The lowest BCUT2D eigenvalue weighted by Gasteiger charge is -2.50. The van der Waals surface area contributed by atoms with E-state index < -0.39 is 20.5 Å². The van der Waals surface area contributed by atoms with Crippen LogP contribution in [-0.4, -0.2) is 30.7 Å². The SMILES string of the molecule is C[C@]12CC[C@@H]3c4ccc(O[Si](C)(C)C)cc4CC[C@H]3[C@@H]1C[C@@H](O)[C@@H]2O. The molecule has 3 aliphatic carbocycles. The van der Waals surface area contributed by atoms with Gasteiger partial charge in [-0.15, -0.1) is 0 Å². The molecule has 4 rings (SSSR count). The monoisotopic (exact) mass is 360 g/mol. The Morgan fingerprint density at radius 3 is 2.64 bits per heavy atom. The van der Waals surface area contributed by atoms with Crippen molar-refractivity contribution in [3.8, 4) is 5.75 Å². The van der Waals surface area contributed by atoms with Gasteiger partial charge in [0.25, 0.3) is 0 Å². The second kappa shape index (κ2) is 5.83. The predicted octanol–water partition coefficient (Wildman–Crippen LogP) is 4.09. The second-order valence-corrected chi connectivity index (χ2v) is 14.2. The molecular weight excluding hydrogens is 328 g/mol. The van der Waals surface area contributed by atoms with Gasteiger partial charge in [-0.1, -0.05) is 13.0 Å². The zero-order valence-corrected chi connectivity index (χ0v) is 17.0. The molecule has 4 heteroatoms. The highest BCUT2D eigenvalue weighted by molar-refractivity contribution is 6.70. The van der Waals surface area contributed by atoms with Crippen molar-refractivity contribution in [2.45, 2.75) is 76.8 Å². The van der Waals surface area contributed by atoms with E-state index in [1.165, 1.54) is 17.5 Å². The van der Waals surface area contributed by atoms with Crippen LogP contribution in [0.5, 0.6) is 5.75 Å². The van der Waals surface area contributed by atoms with E-state index >= 15 is 0 Å². The van der Waals surface area contributed by atoms with Crippen molar-refractivity contribution in [3.05, 3.63) is 29.3 Å². The molecule has 0 amide bonds. The van der Waals surface area contributed by atoms with Crippen LogP contribution in [0.4, 0.5) is 0 Å². The van der Waals surface area contributed by atoms with Gasteiger partial charge >= 0.3 is 0 Å². The molecule has 2 saturated carbocycles. The van der Waals surface area contributed by atoms with Crippen LogP contribution < -0.4 is 4.43 Å². The Balaban J connectivity index is 1.62. The van der Waals surface area contributed by atoms with Crippen LogP contribution in [-0.2, 0) is 6.42 Å². The fourth-order valence-corrected chi connectivity index (χ4v) is 6.80. The fraction of sp³-hybridized carbons (Fsp3) is 0.714. The van der Waals surface area contributed by atoms with Gasteiger partial charge < -0.3 is 14.6 Å². The molecule has 2 N–H and O–H groups in total. The maximum atomic E-state index is 10.5. The summed E-state index contributed by atoms with van der Waals surface area (Å²) in [5.74, 6) is 2.66. The zero-order valence-electron chi connectivity index (χ0n) is 16.0. The summed E-state index contributed by atoms with van der Waals surface area (Å²) in [6.45, 7) is 8.87. The van der Waals surface area contributed by atoms with Crippen molar-refractivity contribution in [2.24, 2.45) is 17.3 Å². The molecule has 3 nitrogen and oxygen atoms in total. The molecule has 0 heterocycles. The van der Waals surface area contributed by atoms with E-state index in [0.717, 1.165) is 31.4 Å². The highest BCUT2D eigenvalue weighted by atomic mass is 28.4. The Morgan fingerprint density at radius 2 is 1.92 bits per heavy atom. The van der Waals surface area contributed by atoms with E-state index in [9.17, 15) is 10.2 Å². The highest BCUT2D eigenvalue weighted by Gasteiger charge is 2.57. The maximum Gasteiger partial charge on any atom is 0.242 e. The summed E-state index contributed by atoms with van der Waals surface area (Å²) in [4.78, 5) is 0. The number of benzene rings is 1. The lowest BCUT2D eigenvalue weighted by atomic mass is 9.55. The summed E-state index contributed by atoms with van der Waals surface area (Å²) in [6, 6.07) is 6.73. The minimum atomic E-state index is -1.58. The lowest BCUT2D eigenvalue weighted by Crippen LogP contribution is -2.44. The Hall–Kier alpha value is -0.843. The fourth-order valence-electron chi connectivity index (χ4n) is 5.96. The minimum Gasteiger partial charge on any atom is -0.544 e. The average molecular weight is 361 g/mol. The summed E-state index contributed by atoms with van der Waals surface area (Å²) in [5, 5.41) is 20.8. The molecule has 0 aliphatic heterocycles. The maximum absolute atomic E-state index is 10.5. The summed E-state index contributed by atoms with van der Waals surface area (Å²) >= 11 is 0. The molecule has 0 unspecified atom stereocenters. The van der Waals surface area contributed by atoms with E-state index in [0.29, 0.717) is 17.8 Å². The van der Waals surface area contributed by atoms with Crippen LogP contribution in [0.25, 0.3) is 0 Å². The first-order chi connectivity index (χ1) is 11.7. The quantitative estimate of drug-likeness (QED) is 0.781. The summed E-state index contributed by atoms with van der Waals surface area (Å²) in [5.41, 5.74) is 2.86. The van der Waals surface area contributed by atoms with Crippen molar-refractivity contribution in [2.75, 3.05) is 0 Å². The van der Waals surface area contributed by atoms with Gasteiger partial charge in [0.15, 0.2) is 0 Å². The molecule has 25 heavy (non-hydrogen) atoms. The van der Waals surface area contributed by atoms with Gasteiger partial charge in [-0.2, -0.15) is 0 Å². The van der Waals surface area contributed by atoms with Crippen molar-refractivity contribution in [3.63, 3.8) is 0 Å². The first-order valence-electron chi connectivity index (χ1n) is 9.87. The topological polar surface area (TPSA) is 49.7 Å². The molecule has 138 valence electrons. The number of aliphatic hydroxyl groups is 2. The molecule has 0 saturated heterocycles. The summed E-state index contributed by atoms with van der Waals surface area (Å²) in [7, 11) is -1.58. The van der Waals surface area contributed by atoms with Gasteiger partial charge in [-0.25, -0.2) is 0 Å². The van der Waals surface area contributed by atoms with E-state index in [4.69, 9.17) is 4.43 Å². The third kappa shape index (κ3) is 2.86. The number of fused-ring (bicyclic) bond motifs is 5. The molecule has 3 aliphatic rings. The highest BCUT2D eigenvalue weighted by Crippen LogP contribution is 2.60. The zero-order chi connectivity index (χ0) is 18.0. The van der Waals surface area contributed by atoms with Crippen LogP contribution in [0.3, 0.4) is 0 Å². The molecular formula is C21H32O3Si. The Bertz CT molecular complexity index is 668. The molecule has 0 spiro atoms. The van der Waals surface area contributed by atoms with E-state index in [2.05, 4.69) is 44.8 Å². The van der Waals surface area contributed by atoms with Gasteiger partial charge in [0, 0.05) is 0 Å². The van der Waals surface area contributed by atoms with E-state index in [1.54, 1.807) is 0 Å². The third-order valence-corrected chi connectivity index (χ3v) is 7.94. The van der Waals surface area contributed by atoms with Crippen LogP contribution in [0.2, 0.25) is 19.6 Å². The van der Waals surface area contributed by atoms with Crippen molar-refractivity contribution in [1.29, 1.82) is 0 Å². The van der Waals surface area contributed by atoms with Crippen molar-refractivity contribution < 1.29 is 14.6 Å². The summed E-state index contributed by atoms with van der Waals surface area (Å²) in [6.07, 6.45) is 4.10. The van der Waals surface area contributed by atoms with Gasteiger partial charge in [0.2, 0.25) is 8.32 Å². The number of hydrogen-bond donors (Lipinski definition) is 2. The summed E-state index contributed by atoms with van der Waals surface area (Å²) < 4.78 is 6.19. The Morgan fingerprint density at radius 1 is 1.16 bits per heavy atom. The van der Waals surface area contributed by atoms with Crippen molar-refractivity contribution in [1.82, 2.24) is 0 Å². The van der Waals surface area contributed by atoms with Gasteiger partial charge in [-0.05, 0) is 98.2 Å². The van der Waals surface area contributed by atoms with Crippen LogP contribution in [0.15, 0.2) is 18.2 Å².